The van der Waals surface area contributed by atoms with E-state index in [4.69, 9.17) is 4.74 Å². The van der Waals surface area contributed by atoms with Gasteiger partial charge < -0.3 is 10.1 Å². The molecule has 0 aliphatic carbocycles. The Morgan fingerprint density at radius 2 is 1.73 bits per heavy atom. The topological polar surface area (TPSA) is 157 Å². The predicted molar refractivity (Wildman–Crippen MR) is 94.0 cm³/mol. The fourth-order valence-corrected chi connectivity index (χ4v) is 1.99. The smallest absolute Gasteiger partial charge is 0.354 e. The minimum Gasteiger partial charge on any atom is -0.385 e. The number of non-ortho nitro benzene ring substituents is 1. The van der Waals surface area contributed by atoms with Crippen molar-refractivity contribution in [2.45, 2.75) is 6.42 Å². The van der Waals surface area contributed by atoms with Crippen LogP contribution >= 0.6 is 0 Å². The molecule has 0 radical (unpaired) electrons. The summed E-state index contributed by atoms with van der Waals surface area (Å²) in [5, 5.41) is 24.9. The van der Waals surface area contributed by atoms with Crippen LogP contribution in [-0.4, -0.2) is 40.1 Å². The van der Waals surface area contributed by atoms with Gasteiger partial charge >= 0.3 is 5.69 Å². The summed E-state index contributed by atoms with van der Waals surface area (Å²) in [5.74, 6) is 0.0340. The normalized spacial score (nSPS) is 10.2. The van der Waals surface area contributed by atoms with Gasteiger partial charge in [-0.3, -0.25) is 31.1 Å². The molecular formula is C14H17N7O5. The third kappa shape index (κ3) is 4.98. The molecule has 0 spiro atoms. The summed E-state index contributed by atoms with van der Waals surface area (Å²) in [6.45, 7) is 0.958. The number of hydrazine groups is 1. The summed E-state index contributed by atoms with van der Waals surface area (Å²) in [6.07, 6.45) is 1.84. The van der Waals surface area contributed by atoms with E-state index in [2.05, 4.69) is 26.1 Å². The second kappa shape index (κ2) is 9.08. The maximum atomic E-state index is 11.4. The lowest BCUT2D eigenvalue weighted by molar-refractivity contribution is -0.384. The number of nitro benzene ring substituents is 1. The molecule has 1 aromatic carbocycles. The third-order valence-corrected chi connectivity index (χ3v) is 3.23. The van der Waals surface area contributed by atoms with Crippen LogP contribution < -0.4 is 16.2 Å². The van der Waals surface area contributed by atoms with Crippen molar-refractivity contribution in [3.05, 3.63) is 50.8 Å². The van der Waals surface area contributed by atoms with Crippen LogP contribution in [0.15, 0.2) is 30.6 Å². The number of hydrogen-bond donors (Lipinski definition) is 3. The molecule has 1 heterocycles. The number of anilines is 3. The Kier molecular flexibility index (Phi) is 6.56. The van der Waals surface area contributed by atoms with E-state index in [-0.39, 0.29) is 23.0 Å². The van der Waals surface area contributed by atoms with Gasteiger partial charge in [0.05, 0.1) is 15.5 Å². The fraction of sp³-hybridized carbons (Fsp3) is 0.286. The zero-order valence-electron chi connectivity index (χ0n) is 13.8. The highest BCUT2D eigenvalue weighted by atomic mass is 16.6. The number of methoxy groups -OCH3 is 1. The molecule has 0 saturated carbocycles. The van der Waals surface area contributed by atoms with Gasteiger partial charge in [0.1, 0.15) is 6.33 Å². The number of aromatic nitrogens is 2. The Labute approximate surface area is 147 Å². The highest BCUT2D eigenvalue weighted by Crippen LogP contribution is 2.29. The van der Waals surface area contributed by atoms with Crippen molar-refractivity contribution in [3.63, 3.8) is 0 Å². The Morgan fingerprint density at radius 1 is 1.04 bits per heavy atom. The molecule has 12 heteroatoms. The van der Waals surface area contributed by atoms with Crippen LogP contribution in [0.25, 0.3) is 0 Å². The zero-order valence-corrected chi connectivity index (χ0v) is 13.8. The highest BCUT2D eigenvalue weighted by molar-refractivity contribution is 5.70. The number of hydrogen-bond acceptors (Lipinski definition) is 10. The molecule has 1 aromatic heterocycles. The van der Waals surface area contributed by atoms with Crippen molar-refractivity contribution in [2.24, 2.45) is 0 Å². The van der Waals surface area contributed by atoms with Crippen molar-refractivity contribution in [2.75, 3.05) is 36.4 Å². The molecule has 2 rings (SSSR count). The van der Waals surface area contributed by atoms with E-state index in [0.717, 1.165) is 0 Å². The van der Waals surface area contributed by atoms with E-state index in [0.29, 0.717) is 25.3 Å². The largest absolute Gasteiger partial charge is 0.385 e. The maximum absolute atomic E-state index is 11.4. The molecule has 0 unspecified atom stereocenters. The van der Waals surface area contributed by atoms with Crippen LogP contribution in [-0.2, 0) is 4.74 Å². The van der Waals surface area contributed by atoms with Gasteiger partial charge in [0, 0.05) is 32.4 Å². The molecule has 0 saturated heterocycles. The van der Waals surface area contributed by atoms with Crippen LogP contribution in [0.2, 0.25) is 0 Å². The number of rotatable bonds is 10. The fourth-order valence-electron chi connectivity index (χ4n) is 1.99. The molecule has 0 atom stereocenters. The van der Waals surface area contributed by atoms with Gasteiger partial charge in [0.2, 0.25) is 11.6 Å². The van der Waals surface area contributed by atoms with Gasteiger partial charge in [-0.1, -0.05) is 0 Å². The first-order valence-corrected chi connectivity index (χ1v) is 7.51. The van der Waals surface area contributed by atoms with E-state index < -0.39 is 9.85 Å². The van der Waals surface area contributed by atoms with E-state index in [9.17, 15) is 20.2 Å². The molecule has 138 valence electrons. The quantitative estimate of drug-likeness (QED) is 0.324. The highest BCUT2D eigenvalue weighted by Gasteiger charge is 2.22. The minimum atomic E-state index is -0.599. The minimum absolute atomic E-state index is 0.0439. The van der Waals surface area contributed by atoms with Crippen molar-refractivity contribution in [3.8, 4) is 0 Å². The summed E-state index contributed by atoms with van der Waals surface area (Å²) in [5.41, 5.74) is 5.42. The maximum Gasteiger partial charge on any atom is 0.354 e. The van der Waals surface area contributed by atoms with Crippen molar-refractivity contribution >= 4 is 28.7 Å². The second-order valence-electron chi connectivity index (χ2n) is 5.00. The summed E-state index contributed by atoms with van der Waals surface area (Å²) in [7, 11) is 1.57. The predicted octanol–water partition coefficient (Wildman–Crippen LogP) is 2.18. The van der Waals surface area contributed by atoms with Crippen molar-refractivity contribution in [1.82, 2.24) is 9.97 Å². The number of nitrogens with zero attached hydrogens (tertiary/aromatic N) is 4. The van der Waals surface area contributed by atoms with Crippen LogP contribution in [0, 0.1) is 20.2 Å². The zero-order chi connectivity index (χ0) is 18.9. The lowest BCUT2D eigenvalue weighted by Gasteiger charge is -2.11. The Morgan fingerprint density at radius 3 is 2.35 bits per heavy atom. The molecule has 0 amide bonds. The Balaban J connectivity index is 2.10. The third-order valence-electron chi connectivity index (χ3n) is 3.23. The van der Waals surface area contributed by atoms with Gasteiger partial charge in [0.25, 0.3) is 5.69 Å². The van der Waals surface area contributed by atoms with E-state index in [1.807, 2.05) is 0 Å². The first kappa shape index (κ1) is 18.8. The molecule has 0 bridgehead atoms. The summed E-state index contributed by atoms with van der Waals surface area (Å²) in [4.78, 5) is 28.7. The molecule has 0 aliphatic rings. The van der Waals surface area contributed by atoms with Crippen molar-refractivity contribution in [1.29, 1.82) is 0 Å². The number of benzene rings is 1. The summed E-state index contributed by atoms with van der Waals surface area (Å²) < 4.78 is 4.92. The average molecular weight is 363 g/mol. The molecule has 0 aliphatic heterocycles. The monoisotopic (exact) mass is 363 g/mol. The van der Waals surface area contributed by atoms with Crippen molar-refractivity contribution < 1.29 is 14.6 Å². The molecule has 0 fully saturated rings. The van der Waals surface area contributed by atoms with Crippen LogP contribution in [0.5, 0.6) is 0 Å². The second-order valence-corrected chi connectivity index (χ2v) is 5.00. The van der Waals surface area contributed by atoms with Gasteiger partial charge in [-0.25, -0.2) is 9.97 Å². The summed E-state index contributed by atoms with van der Waals surface area (Å²) in [6, 6.07) is 5.53. The van der Waals surface area contributed by atoms with E-state index >= 15 is 0 Å². The van der Waals surface area contributed by atoms with E-state index in [1.165, 1.54) is 30.6 Å². The van der Waals surface area contributed by atoms with Gasteiger partial charge in [0.15, 0.2) is 0 Å². The van der Waals surface area contributed by atoms with Gasteiger partial charge in [-0.15, -0.1) is 0 Å². The van der Waals surface area contributed by atoms with Crippen LogP contribution in [0.3, 0.4) is 0 Å². The summed E-state index contributed by atoms with van der Waals surface area (Å²) >= 11 is 0. The molecule has 2 aromatic rings. The Hall–Kier alpha value is -3.54. The lowest BCUT2D eigenvalue weighted by atomic mass is 10.3. The first-order chi connectivity index (χ1) is 12.5. The standard InChI is InChI=1S/C14H17N7O5/c1-26-8-2-7-15-13-12(21(24)25)14(17-9-16-13)19-18-10-3-5-11(6-4-10)20(22)23/h3-6,9,18H,2,7-8H2,1H3,(H2,15,16,17,19). The molecule has 3 N–H and O–H groups in total. The van der Waals surface area contributed by atoms with Crippen LogP contribution in [0.4, 0.5) is 28.7 Å². The van der Waals surface area contributed by atoms with Gasteiger partial charge in [-0.2, -0.15) is 0 Å². The van der Waals surface area contributed by atoms with Gasteiger partial charge in [-0.05, 0) is 18.6 Å². The number of nitro groups is 2. The average Bonchev–Trinajstić information content (AvgIpc) is 2.63. The molecular weight excluding hydrogens is 346 g/mol. The number of ether oxygens (including phenoxy) is 1. The molecule has 12 nitrogen and oxygen atoms in total. The number of nitrogens with one attached hydrogen (secondary N) is 3. The van der Waals surface area contributed by atoms with E-state index in [1.54, 1.807) is 7.11 Å². The molecule has 26 heavy (non-hydrogen) atoms. The first-order valence-electron chi connectivity index (χ1n) is 7.51. The lowest BCUT2D eigenvalue weighted by Crippen LogP contribution is -2.15. The SMILES string of the molecule is COCCCNc1ncnc(NNc2ccc([N+](=O)[O-])cc2)c1[N+](=O)[O-]. The van der Waals surface area contributed by atoms with Crippen LogP contribution in [0.1, 0.15) is 6.42 Å². The Bertz CT molecular complexity index is 769.